The summed E-state index contributed by atoms with van der Waals surface area (Å²) in [5.41, 5.74) is 0. The van der Waals surface area contributed by atoms with E-state index in [4.69, 9.17) is 4.74 Å². The van der Waals surface area contributed by atoms with Gasteiger partial charge in [0.2, 0.25) is 0 Å². The monoisotopic (exact) mass is 482 g/mol. The summed E-state index contributed by atoms with van der Waals surface area (Å²) in [4.78, 5) is 23.9. The molecule has 0 aliphatic heterocycles. The van der Waals surface area contributed by atoms with Crippen molar-refractivity contribution in [1.29, 1.82) is 0 Å². The van der Waals surface area contributed by atoms with Crippen molar-refractivity contribution in [1.82, 2.24) is 0 Å². The molecular formula is C16H33BiO3. The molecule has 0 spiro atoms. The van der Waals surface area contributed by atoms with Gasteiger partial charge in [-0.25, -0.2) is 0 Å². The van der Waals surface area contributed by atoms with E-state index in [1.54, 1.807) is 0 Å². The average molecular weight is 482 g/mol. The van der Waals surface area contributed by atoms with Gasteiger partial charge in [-0.3, -0.25) is 9.59 Å². The first-order valence-electron chi connectivity index (χ1n) is 7.86. The van der Waals surface area contributed by atoms with Gasteiger partial charge in [-0.1, -0.05) is 53.4 Å². The zero-order valence-corrected chi connectivity index (χ0v) is 19.2. The molecule has 4 heteroatoms. The maximum atomic E-state index is 11.9. The minimum atomic E-state index is -0.323. The van der Waals surface area contributed by atoms with Crippen LogP contribution in [0, 0.1) is 11.8 Å². The fraction of sp³-hybridized carbons (Fsp3) is 0.875. The second kappa shape index (κ2) is 14.0. The van der Waals surface area contributed by atoms with E-state index in [1.165, 1.54) is 0 Å². The Bertz CT molecular complexity index is 240. The molecule has 0 rings (SSSR count). The summed E-state index contributed by atoms with van der Waals surface area (Å²) in [6.45, 7) is 8.14. The zero-order chi connectivity index (χ0) is 14.7. The quantitative estimate of drug-likeness (QED) is 0.273. The summed E-state index contributed by atoms with van der Waals surface area (Å²) in [5.74, 6) is -0.882. The molecule has 0 fully saturated rings. The van der Waals surface area contributed by atoms with E-state index in [0.717, 1.165) is 51.4 Å². The van der Waals surface area contributed by atoms with Gasteiger partial charge in [0.25, 0.3) is 0 Å². The van der Waals surface area contributed by atoms with Crippen molar-refractivity contribution in [3.8, 4) is 0 Å². The molecule has 2 unspecified atom stereocenters. The molecule has 0 saturated carbocycles. The maximum absolute atomic E-state index is 11.9. The summed E-state index contributed by atoms with van der Waals surface area (Å²) in [5, 5.41) is 0. The van der Waals surface area contributed by atoms with Gasteiger partial charge in [0.1, 0.15) is 0 Å². The van der Waals surface area contributed by atoms with Crippen molar-refractivity contribution in [2.24, 2.45) is 11.8 Å². The number of carbonyl (C=O) groups excluding carboxylic acids is 2. The molecule has 120 valence electrons. The van der Waals surface area contributed by atoms with Gasteiger partial charge in [-0.2, -0.15) is 0 Å². The van der Waals surface area contributed by atoms with Crippen molar-refractivity contribution in [3.05, 3.63) is 0 Å². The summed E-state index contributed by atoms with van der Waals surface area (Å²) in [7, 11) is 0. The van der Waals surface area contributed by atoms with Gasteiger partial charge >= 0.3 is 38.1 Å². The summed E-state index contributed by atoms with van der Waals surface area (Å²) in [6, 6.07) is 0. The van der Waals surface area contributed by atoms with Gasteiger partial charge in [-0.05, 0) is 25.7 Å². The van der Waals surface area contributed by atoms with Gasteiger partial charge in [0.15, 0.2) is 0 Å². The van der Waals surface area contributed by atoms with Crippen LogP contribution in [0.25, 0.3) is 0 Å². The molecule has 3 nitrogen and oxygen atoms in total. The van der Waals surface area contributed by atoms with Crippen LogP contribution in [-0.4, -0.2) is 38.1 Å². The average Bonchev–Trinajstić information content (AvgIpc) is 2.40. The van der Waals surface area contributed by atoms with Crippen LogP contribution in [0.5, 0.6) is 0 Å². The SMILES string of the molecule is CCCCC(CC)C(=O)OC(=O)C(CC)CCCC.[BiH3]. The van der Waals surface area contributed by atoms with E-state index >= 15 is 0 Å². The molecular weight excluding hydrogens is 449 g/mol. The number of carbonyl (C=O) groups is 2. The first-order valence-corrected chi connectivity index (χ1v) is 7.86. The number of hydrogen-bond acceptors (Lipinski definition) is 3. The van der Waals surface area contributed by atoms with Crippen LogP contribution in [0.3, 0.4) is 0 Å². The molecule has 0 saturated heterocycles. The van der Waals surface area contributed by atoms with Crippen LogP contribution < -0.4 is 0 Å². The summed E-state index contributed by atoms with van der Waals surface area (Å²) in [6.07, 6.45) is 7.28. The third-order valence-corrected chi connectivity index (χ3v) is 3.67. The van der Waals surface area contributed by atoms with E-state index in [9.17, 15) is 9.59 Å². The molecule has 0 aliphatic carbocycles. The Hall–Kier alpha value is 0.0231. The number of unbranched alkanes of at least 4 members (excludes halogenated alkanes) is 2. The number of rotatable bonds is 10. The summed E-state index contributed by atoms with van der Waals surface area (Å²) >= 11 is 0. The van der Waals surface area contributed by atoms with Crippen LogP contribution in [-0.2, 0) is 14.3 Å². The van der Waals surface area contributed by atoms with Gasteiger partial charge in [0, 0.05) is 0 Å². The number of esters is 2. The molecule has 0 radical (unpaired) electrons. The third kappa shape index (κ3) is 9.05. The molecule has 0 bridgehead atoms. The normalized spacial score (nSPS) is 13.2. The number of ether oxygens (including phenoxy) is 1. The van der Waals surface area contributed by atoms with Gasteiger partial charge in [-0.15, -0.1) is 0 Å². The van der Waals surface area contributed by atoms with E-state index < -0.39 is 0 Å². The molecule has 20 heavy (non-hydrogen) atoms. The van der Waals surface area contributed by atoms with Crippen molar-refractivity contribution in [2.75, 3.05) is 0 Å². The Balaban J connectivity index is 0. The molecule has 2 atom stereocenters. The fourth-order valence-electron chi connectivity index (χ4n) is 2.14. The summed E-state index contributed by atoms with van der Waals surface area (Å²) < 4.78 is 5.07. The fourth-order valence-corrected chi connectivity index (χ4v) is 2.14. The van der Waals surface area contributed by atoms with Crippen molar-refractivity contribution in [3.63, 3.8) is 0 Å². The van der Waals surface area contributed by atoms with Crippen LogP contribution in [0.4, 0.5) is 0 Å². The van der Waals surface area contributed by atoms with Gasteiger partial charge in [0.05, 0.1) is 11.8 Å². The first-order chi connectivity index (χ1) is 9.10. The minimum absolute atomic E-state index is 0. The Morgan fingerprint density at radius 3 is 1.40 bits per heavy atom. The Morgan fingerprint density at radius 1 is 0.800 bits per heavy atom. The Morgan fingerprint density at radius 2 is 1.15 bits per heavy atom. The molecule has 0 aliphatic rings. The predicted octanol–water partition coefficient (Wildman–Crippen LogP) is 3.31. The van der Waals surface area contributed by atoms with Crippen LogP contribution in [0.2, 0.25) is 0 Å². The predicted molar refractivity (Wildman–Crippen MR) is 87.7 cm³/mol. The van der Waals surface area contributed by atoms with Crippen molar-refractivity contribution >= 4 is 38.1 Å². The first kappa shape index (κ1) is 22.3. The Labute approximate surface area is 143 Å². The molecule has 0 amide bonds. The van der Waals surface area contributed by atoms with E-state index in [1.807, 2.05) is 13.8 Å². The molecule has 0 aromatic rings. The standard InChI is InChI=1S/C16H30O3.Bi.3H/c1-5-9-11-13(7-3)15(17)19-16(18)14(8-4)12-10-6-2;;;;/h13-14H,5-12H2,1-4H3;;;;. The van der Waals surface area contributed by atoms with Crippen molar-refractivity contribution < 1.29 is 14.3 Å². The molecule has 0 aromatic carbocycles. The number of hydrogen-bond donors (Lipinski definition) is 0. The van der Waals surface area contributed by atoms with Gasteiger partial charge < -0.3 is 4.74 Å². The zero-order valence-electron chi connectivity index (χ0n) is 13.7. The second-order valence-corrected chi connectivity index (χ2v) is 5.23. The van der Waals surface area contributed by atoms with Crippen LogP contribution in [0.1, 0.15) is 79.1 Å². The third-order valence-electron chi connectivity index (χ3n) is 3.67. The topological polar surface area (TPSA) is 43.4 Å². The molecule has 0 aromatic heterocycles. The molecule has 0 heterocycles. The van der Waals surface area contributed by atoms with Crippen LogP contribution in [0.15, 0.2) is 0 Å². The van der Waals surface area contributed by atoms with E-state index in [-0.39, 0.29) is 50.0 Å². The van der Waals surface area contributed by atoms with E-state index in [0.29, 0.717) is 0 Å². The van der Waals surface area contributed by atoms with Crippen LogP contribution >= 0.6 is 0 Å². The molecule has 0 N–H and O–H groups in total. The Kier molecular flexibility index (Phi) is 15.6. The second-order valence-electron chi connectivity index (χ2n) is 5.23. The van der Waals surface area contributed by atoms with Crippen molar-refractivity contribution in [2.45, 2.75) is 79.1 Å². The van der Waals surface area contributed by atoms with E-state index in [2.05, 4.69) is 13.8 Å².